The smallest absolute Gasteiger partial charge is 0.262 e. The fourth-order valence-electron chi connectivity index (χ4n) is 4.14. The number of fused-ring (bicyclic) bond motifs is 2. The number of nitriles is 1. The molecule has 8 heteroatoms. The maximum absolute atomic E-state index is 12.8. The number of benzene rings is 3. The van der Waals surface area contributed by atoms with Gasteiger partial charge in [0.15, 0.2) is 11.5 Å². The highest BCUT2D eigenvalue weighted by molar-refractivity contribution is 6.04. The van der Waals surface area contributed by atoms with Gasteiger partial charge in [0.1, 0.15) is 29.7 Å². The van der Waals surface area contributed by atoms with Crippen LogP contribution < -0.4 is 24.3 Å². The number of methoxy groups -OCH3 is 1. The second kappa shape index (κ2) is 10.8. The molecule has 0 fully saturated rings. The van der Waals surface area contributed by atoms with Crippen LogP contribution in [0.1, 0.15) is 11.1 Å². The van der Waals surface area contributed by atoms with Crippen molar-refractivity contribution in [2.45, 2.75) is 13.1 Å². The van der Waals surface area contributed by atoms with E-state index in [-0.39, 0.29) is 18.9 Å². The standard InChI is InChI=1S/C29H25N3O5/c1-34-23-7-9-24(10-8-23)35-13-12-32-18-22(25-4-2-3-5-26(25)32)15-21(16-30)29(33)31-17-20-6-11-27-28(14-20)37-19-36-27/h2-11,14-15,18H,12-13,17,19H2,1H3,(H,31,33)/b21-15+. The third-order valence-corrected chi connectivity index (χ3v) is 6.03. The zero-order chi connectivity index (χ0) is 25.6. The lowest BCUT2D eigenvalue weighted by atomic mass is 10.1. The Morgan fingerprint density at radius 3 is 2.68 bits per heavy atom. The van der Waals surface area contributed by atoms with Crippen molar-refractivity contribution < 1.29 is 23.7 Å². The molecule has 1 aliphatic heterocycles. The Labute approximate surface area is 214 Å². The second-order valence-electron chi connectivity index (χ2n) is 8.36. The van der Waals surface area contributed by atoms with Gasteiger partial charge in [0.2, 0.25) is 6.79 Å². The Balaban J connectivity index is 1.28. The summed E-state index contributed by atoms with van der Waals surface area (Å²) in [6, 6.07) is 22.8. The normalized spacial score (nSPS) is 12.3. The van der Waals surface area contributed by atoms with Crippen molar-refractivity contribution in [3.05, 3.63) is 89.6 Å². The van der Waals surface area contributed by atoms with E-state index in [4.69, 9.17) is 18.9 Å². The first-order valence-corrected chi connectivity index (χ1v) is 11.8. The van der Waals surface area contributed by atoms with Crippen LogP contribution in [0.15, 0.2) is 78.5 Å². The van der Waals surface area contributed by atoms with E-state index in [1.165, 1.54) is 0 Å². The number of hydrogen-bond donors (Lipinski definition) is 1. The Bertz CT molecular complexity index is 1500. The monoisotopic (exact) mass is 495 g/mol. The first-order valence-electron chi connectivity index (χ1n) is 11.8. The number of ether oxygens (including phenoxy) is 4. The van der Waals surface area contributed by atoms with Crippen molar-refractivity contribution in [1.82, 2.24) is 9.88 Å². The fourth-order valence-corrected chi connectivity index (χ4v) is 4.14. The van der Waals surface area contributed by atoms with Crippen molar-refractivity contribution in [1.29, 1.82) is 5.26 Å². The lowest BCUT2D eigenvalue weighted by Gasteiger charge is -2.09. The van der Waals surface area contributed by atoms with Gasteiger partial charge in [-0.15, -0.1) is 0 Å². The molecule has 0 spiro atoms. The molecule has 0 saturated carbocycles. The summed E-state index contributed by atoms with van der Waals surface area (Å²) < 4.78 is 23.8. The van der Waals surface area contributed by atoms with Crippen LogP contribution >= 0.6 is 0 Å². The zero-order valence-corrected chi connectivity index (χ0v) is 20.3. The first kappa shape index (κ1) is 23.8. The number of aromatic nitrogens is 1. The molecule has 8 nitrogen and oxygen atoms in total. The van der Waals surface area contributed by atoms with Gasteiger partial charge in [-0.25, -0.2) is 0 Å². The molecule has 1 amide bonds. The van der Waals surface area contributed by atoms with Crippen LogP contribution in [0.3, 0.4) is 0 Å². The molecule has 0 aliphatic carbocycles. The topological polar surface area (TPSA) is 94.7 Å². The number of amides is 1. The van der Waals surface area contributed by atoms with Gasteiger partial charge in [0.25, 0.3) is 5.91 Å². The van der Waals surface area contributed by atoms with Gasteiger partial charge in [-0.05, 0) is 54.1 Å². The Morgan fingerprint density at radius 2 is 1.86 bits per heavy atom. The molecule has 0 unspecified atom stereocenters. The molecule has 3 aromatic carbocycles. The molecule has 0 atom stereocenters. The minimum Gasteiger partial charge on any atom is -0.497 e. The third kappa shape index (κ3) is 5.36. The predicted octanol–water partition coefficient (Wildman–Crippen LogP) is 4.68. The highest BCUT2D eigenvalue weighted by Crippen LogP contribution is 2.32. The predicted molar refractivity (Wildman–Crippen MR) is 138 cm³/mol. The van der Waals surface area contributed by atoms with E-state index in [0.29, 0.717) is 24.7 Å². The van der Waals surface area contributed by atoms with E-state index < -0.39 is 5.91 Å². The van der Waals surface area contributed by atoms with E-state index >= 15 is 0 Å². The number of carbonyl (C=O) groups excluding carboxylic acids is 1. The van der Waals surface area contributed by atoms with Crippen LogP contribution in [0.4, 0.5) is 0 Å². The van der Waals surface area contributed by atoms with Crippen LogP contribution in [0.25, 0.3) is 17.0 Å². The van der Waals surface area contributed by atoms with E-state index in [9.17, 15) is 10.1 Å². The molecule has 0 saturated heterocycles. The molecular formula is C29H25N3O5. The third-order valence-electron chi connectivity index (χ3n) is 6.03. The average molecular weight is 496 g/mol. The number of nitrogens with one attached hydrogen (secondary N) is 1. The highest BCUT2D eigenvalue weighted by atomic mass is 16.7. The summed E-state index contributed by atoms with van der Waals surface area (Å²) in [6.07, 6.45) is 3.56. The molecule has 1 N–H and O–H groups in total. The summed E-state index contributed by atoms with van der Waals surface area (Å²) in [5.74, 6) is 2.40. The largest absolute Gasteiger partial charge is 0.497 e. The Kier molecular flexibility index (Phi) is 6.95. The summed E-state index contributed by atoms with van der Waals surface area (Å²) in [5.41, 5.74) is 2.65. The van der Waals surface area contributed by atoms with Crippen molar-refractivity contribution in [2.24, 2.45) is 0 Å². The van der Waals surface area contributed by atoms with Crippen molar-refractivity contribution in [3.63, 3.8) is 0 Å². The maximum atomic E-state index is 12.8. The summed E-state index contributed by atoms with van der Waals surface area (Å²) in [5, 5.41) is 13.5. The Hall–Kier alpha value is -4.90. The van der Waals surface area contributed by atoms with Gasteiger partial charge in [-0.2, -0.15) is 5.26 Å². The summed E-state index contributed by atoms with van der Waals surface area (Å²) in [7, 11) is 1.62. The van der Waals surface area contributed by atoms with Gasteiger partial charge < -0.3 is 28.8 Å². The van der Waals surface area contributed by atoms with Gasteiger partial charge >= 0.3 is 0 Å². The second-order valence-corrected chi connectivity index (χ2v) is 8.36. The molecule has 1 aromatic heterocycles. The fraction of sp³-hybridized carbons (Fsp3) is 0.172. The van der Waals surface area contributed by atoms with Crippen molar-refractivity contribution in [2.75, 3.05) is 20.5 Å². The van der Waals surface area contributed by atoms with Crippen LogP contribution in [0, 0.1) is 11.3 Å². The molecule has 1 aliphatic rings. The lowest BCUT2D eigenvalue weighted by molar-refractivity contribution is -0.117. The van der Waals surface area contributed by atoms with E-state index in [0.717, 1.165) is 33.5 Å². The van der Waals surface area contributed by atoms with Gasteiger partial charge in [-0.1, -0.05) is 24.3 Å². The molecule has 37 heavy (non-hydrogen) atoms. The molecular weight excluding hydrogens is 470 g/mol. The minimum absolute atomic E-state index is 0.0260. The van der Waals surface area contributed by atoms with E-state index in [1.807, 2.05) is 72.9 Å². The maximum Gasteiger partial charge on any atom is 0.262 e. The van der Waals surface area contributed by atoms with Crippen LogP contribution in [0.2, 0.25) is 0 Å². The SMILES string of the molecule is COc1ccc(OCCn2cc(/C=C(\C#N)C(=O)NCc3ccc4c(c3)OCO4)c3ccccc32)cc1. The van der Waals surface area contributed by atoms with Gasteiger partial charge in [-0.3, -0.25) is 4.79 Å². The van der Waals surface area contributed by atoms with Crippen molar-refractivity contribution in [3.8, 4) is 29.1 Å². The van der Waals surface area contributed by atoms with Crippen LogP contribution in [0.5, 0.6) is 23.0 Å². The molecule has 186 valence electrons. The quantitative estimate of drug-likeness (QED) is 0.268. The number of para-hydroxylation sites is 1. The summed E-state index contributed by atoms with van der Waals surface area (Å²) >= 11 is 0. The number of nitrogens with zero attached hydrogens (tertiary/aromatic N) is 2. The van der Waals surface area contributed by atoms with Gasteiger partial charge in [0.05, 0.1) is 13.7 Å². The summed E-state index contributed by atoms with van der Waals surface area (Å²) in [6.45, 7) is 1.50. The molecule has 0 radical (unpaired) electrons. The van der Waals surface area contributed by atoms with Crippen molar-refractivity contribution >= 4 is 22.9 Å². The Morgan fingerprint density at radius 1 is 1.08 bits per heavy atom. The molecule has 4 aromatic rings. The van der Waals surface area contributed by atoms with Gasteiger partial charge in [0, 0.05) is 29.2 Å². The summed E-state index contributed by atoms with van der Waals surface area (Å²) in [4.78, 5) is 12.8. The molecule has 2 heterocycles. The van der Waals surface area contributed by atoms with Crippen LogP contribution in [-0.4, -0.2) is 31.0 Å². The first-order chi connectivity index (χ1) is 18.1. The number of rotatable bonds is 9. The van der Waals surface area contributed by atoms with E-state index in [2.05, 4.69) is 9.88 Å². The van der Waals surface area contributed by atoms with E-state index in [1.54, 1.807) is 19.3 Å². The highest BCUT2D eigenvalue weighted by Gasteiger charge is 2.15. The number of hydrogen-bond acceptors (Lipinski definition) is 6. The zero-order valence-electron chi connectivity index (χ0n) is 20.3. The number of carbonyl (C=O) groups is 1. The molecule has 0 bridgehead atoms. The van der Waals surface area contributed by atoms with Crippen LogP contribution in [-0.2, 0) is 17.9 Å². The molecule has 5 rings (SSSR count). The minimum atomic E-state index is -0.445. The average Bonchev–Trinajstić information content (AvgIpc) is 3.55. The lowest BCUT2D eigenvalue weighted by Crippen LogP contribution is -2.23.